The zero-order valence-electron chi connectivity index (χ0n) is 13.8. The predicted molar refractivity (Wildman–Crippen MR) is 87.7 cm³/mol. The number of ether oxygens (including phenoxy) is 2. The maximum absolute atomic E-state index is 11.9. The van der Waals surface area contributed by atoms with E-state index >= 15 is 0 Å². The van der Waals surface area contributed by atoms with E-state index in [9.17, 15) is 9.90 Å². The van der Waals surface area contributed by atoms with Gasteiger partial charge in [0.2, 0.25) is 0 Å². The lowest BCUT2D eigenvalue weighted by Crippen LogP contribution is -2.44. The fourth-order valence-electron chi connectivity index (χ4n) is 2.48. The molecule has 1 atom stereocenters. The molecular weight excluding hydrogens is 296 g/mol. The van der Waals surface area contributed by atoms with E-state index in [1.807, 2.05) is 18.2 Å². The normalized spacial score (nSPS) is 15.0. The molecule has 0 saturated heterocycles. The van der Waals surface area contributed by atoms with Crippen LogP contribution in [-0.2, 0) is 6.54 Å². The Labute approximate surface area is 137 Å². The van der Waals surface area contributed by atoms with Crippen LogP contribution in [0.5, 0.6) is 11.5 Å². The molecule has 1 heterocycles. The lowest BCUT2D eigenvalue weighted by Gasteiger charge is -2.18. The van der Waals surface area contributed by atoms with Gasteiger partial charge in [0.05, 0.1) is 25.9 Å². The quantitative estimate of drug-likeness (QED) is 0.749. The highest BCUT2D eigenvalue weighted by molar-refractivity contribution is 5.74. The molecule has 2 amide bonds. The van der Waals surface area contributed by atoms with Crippen molar-refractivity contribution in [3.63, 3.8) is 0 Å². The van der Waals surface area contributed by atoms with Gasteiger partial charge in [-0.05, 0) is 30.0 Å². The molecule has 128 valence electrons. The van der Waals surface area contributed by atoms with Gasteiger partial charge in [-0.3, -0.25) is 0 Å². The second-order valence-corrected chi connectivity index (χ2v) is 6.17. The van der Waals surface area contributed by atoms with Crippen molar-refractivity contribution in [1.82, 2.24) is 10.6 Å². The Morgan fingerprint density at radius 1 is 1.26 bits per heavy atom. The molecule has 6 heteroatoms. The first-order valence-corrected chi connectivity index (χ1v) is 8.12. The third kappa shape index (κ3) is 5.63. The summed E-state index contributed by atoms with van der Waals surface area (Å²) in [6.45, 7) is 5.74. The van der Waals surface area contributed by atoms with Crippen LogP contribution >= 0.6 is 0 Å². The van der Waals surface area contributed by atoms with Crippen LogP contribution in [0.4, 0.5) is 4.79 Å². The van der Waals surface area contributed by atoms with Gasteiger partial charge in [0.15, 0.2) is 11.5 Å². The van der Waals surface area contributed by atoms with Gasteiger partial charge in [-0.1, -0.05) is 19.9 Å². The van der Waals surface area contributed by atoms with Gasteiger partial charge in [-0.25, -0.2) is 4.79 Å². The minimum atomic E-state index is -0.281. The van der Waals surface area contributed by atoms with Crippen LogP contribution in [0.15, 0.2) is 18.2 Å². The average molecular weight is 322 g/mol. The van der Waals surface area contributed by atoms with E-state index in [4.69, 9.17) is 9.47 Å². The molecule has 1 unspecified atom stereocenters. The molecule has 0 fully saturated rings. The van der Waals surface area contributed by atoms with E-state index in [1.165, 1.54) is 0 Å². The van der Waals surface area contributed by atoms with Gasteiger partial charge >= 0.3 is 6.03 Å². The van der Waals surface area contributed by atoms with Crippen molar-refractivity contribution in [1.29, 1.82) is 0 Å². The second-order valence-electron chi connectivity index (χ2n) is 6.17. The summed E-state index contributed by atoms with van der Waals surface area (Å²) in [6, 6.07) is 5.16. The van der Waals surface area contributed by atoms with Crippen LogP contribution < -0.4 is 20.1 Å². The van der Waals surface area contributed by atoms with Gasteiger partial charge in [-0.15, -0.1) is 0 Å². The highest BCUT2D eigenvalue weighted by Crippen LogP contribution is 2.30. The maximum Gasteiger partial charge on any atom is 0.315 e. The Balaban J connectivity index is 1.85. The van der Waals surface area contributed by atoms with Crippen LogP contribution in [0, 0.1) is 5.92 Å². The number of aliphatic hydroxyl groups excluding tert-OH is 1. The van der Waals surface area contributed by atoms with Gasteiger partial charge in [-0.2, -0.15) is 0 Å². The first-order valence-electron chi connectivity index (χ1n) is 8.12. The molecule has 0 aliphatic carbocycles. The highest BCUT2D eigenvalue weighted by Gasteiger charge is 2.14. The molecule has 23 heavy (non-hydrogen) atoms. The number of urea groups is 1. The highest BCUT2D eigenvalue weighted by atomic mass is 16.5. The lowest BCUT2D eigenvalue weighted by atomic mass is 10.0. The van der Waals surface area contributed by atoms with Crippen LogP contribution in [0.3, 0.4) is 0 Å². The van der Waals surface area contributed by atoms with Crippen LogP contribution in [0.2, 0.25) is 0 Å². The minimum absolute atomic E-state index is 0.0599. The lowest BCUT2D eigenvalue weighted by molar-refractivity contribution is 0.206. The summed E-state index contributed by atoms with van der Waals surface area (Å²) >= 11 is 0. The number of nitrogens with one attached hydrogen (secondary N) is 2. The summed E-state index contributed by atoms with van der Waals surface area (Å²) in [7, 11) is 0. The fraction of sp³-hybridized carbons (Fsp3) is 0.588. The third-order valence-corrected chi connectivity index (χ3v) is 3.58. The predicted octanol–water partition coefficient (Wildman–Crippen LogP) is 2.05. The molecule has 2 rings (SSSR count). The summed E-state index contributed by atoms with van der Waals surface area (Å²) in [4.78, 5) is 11.9. The van der Waals surface area contributed by atoms with Crippen LogP contribution in [0.1, 0.15) is 32.3 Å². The standard InChI is InChI=1S/C17H26N2O4/c1-12(2)8-14(11-20)19-17(21)18-10-13-4-5-15-16(9-13)23-7-3-6-22-15/h4-5,9,12,14,20H,3,6-8,10-11H2,1-2H3,(H2,18,19,21). The monoisotopic (exact) mass is 322 g/mol. The molecule has 0 aromatic heterocycles. The van der Waals surface area contributed by atoms with Gasteiger partial charge in [0, 0.05) is 13.0 Å². The van der Waals surface area contributed by atoms with E-state index in [2.05, 4.69) is 24.5 Å². The molecule has 0 radical (unpaired) electrons. The third-order valence-electron chi connectivity index (χ3n) is 3.58. The Morgan fingerprint density at radius 3 is 2.70 bits per heavy atom. The van der Waals surface area contributed by atoms with Crippen molar-refractivity contribution in [3.8, 4) is 11.5 Å². The number of amides is 2. The smallest absolute Gasteiger partial charge is 0.315 e. The van der Waals surface area contributed by atoms with E-state index in [1.54, 1.807) is 0 Å². The minimum Gasteiger partial charge on any atom is -0.490 e. The molecule has 0 bridgehead atoms. The summed E-state index contributed by atoms with van der Waals surface area (Å²) in [5.74, 6) is 1.87. The average Bonchev–Trinajstić information content (AvgIpc) is 2.76. The molecule has 1 aliphatic heterocycles. The zero-order chi connectivity index (χ0) is 16.7. The Kier molecular flexibility index (Phi) is 6.52. The van der Waals surface area contributed by atoms with Crippen molar-refractivity contribution in [2.45, 2.75) is 39.3 Å². The summed E-state index contributed by atoms with van der Waals surface area (Å²) in [6.07, 6.45) is 1.61. The summed E-state index contributed by atoms with van der Waals surface area (Å²) in [5.41, 5.74) is 0.939. The number of hydrogen-bond acceptors (Lipinski definition) is 4. The first kappa shape index (κ1) is 17.4. The molecule has 0 spiro atoms. The Morgan fingerprint density at radius 2 is 2.00 bits per heavy atom. The van der Waals surface area contributed by atoms with Crippen molar-refractivity contribution >= 4 is 6.03 Å². The largest absolute Gasteiger partial charge is 0.490 e. The molecule has 3 N–H and O–H groups in total. The number of carbonyl (C=O) groups excluding carboxylic acids is 1. The van der Waals surface area contributed by atoms with E-state index in [0.29, 0.717) is 25.7 Å². The second kappa shape index (κ2) is 8.62. The van der Waals surface area contributed by atoms with Gasteiger partial charge in [0.1, 0.15) is 0 Å². The first-order chi connectivity index (χ1) is 11.1. The molecular formula is C17H26N2O4. The molecule has 6 nitrogen and oxygen atoms in total. The molecule has 1 aromatic carbocycles. The molecule has 0 saturated carbocycles. The zero-order valence-corrected chi connectivity index (χ0v) is 13.8. The number of carbonyl (C=O) groups is 1. The number of fused-ring (bicyclic) bond motifs is 1. The Bertz CT molecular complexity index is 519. The fourth-order valence-corrected chi connectivity index (χ4v) is 2.48. The summed E-state index contributed by atoms with van der Waals surface area (Å²) < 4.78 is 11.2. The van der Waals surface area contributed by atoms with Crippen molar-refractivity contribution < 1.29 is 19.4 Å². The number of benzene rings is 1. The van der Waals surface area contributed by atoms with E-state index in [0.717, 1.165) is 29.9 Å². The van der Waals surface area contributed by atoms with E-state index in [-0.39, 0.29) is 18.7 Å². The number of hydrogen-bond donors (Lipinski definition) is 3. The topological polar surface area (TPSA) is 79.8 Å². The van der Waals surface area contributed by atoms with Crippen molar-refractivity contribution in [3.05, 3.63) is 23.8 Å². The van der Waals surface area contributed by atoms with Crippen molar-refractivity contribution in [2.75, 3.05) is 19.8 Å². The maximum atomic E-state index is 11.9. The van der Waals surface area contributed by atoms with Crippen LogP contribution in [0.25, 0.3) is 0 Å². The molecule has 1 aliphatic rings. The summed E-state index contributed by atoms with van der Waals surface area (Å²) in [5, 5.41) is 14.9. The van der Waals surface area contributed by atoms with Gasteiger partial charge in [0.25, 0.3) is 0 Å². The number of rotatable bonds is 6. The van der Waals surface area contributed by atoms with Crippen LogP contribution in [-0.4, -0.2) is 37.0 Å². The Hall–Kier alpha value is -1.95. The number of aliphatic hydroxyl groups is 1. The molecule has 1 aromatic rings. The SMILES string of the molecule is CC(C)CC(CO)NC(=O)NCc1ccc2c(c1)OCCCO2. The van der Waals surface area contributed by atoms with Crippen molar-refractivity contribution in [2.24, 2.45) is 5.92 Å². The van der Waals surface area contributed by atoms with Gasteiger partial charge < -0.3 is 25.2 Å². The van der Waals surface area contributed by atoms with E-state index < -0.39 is 0 Å².